The molecule has 1 N–H and O–H groups in total. The van der Waals surface area contributed by atoms with Gasteiger partial charge in [0.1, 0.15) is 18.1 Å². The molecule has 1 amide bonds. The first-order chi connectivity index (χ1) is 17.5. The Kier molecular flexibility index (Phi) is 8.35. The van der Waals surface area contributed by atoms with Crippen molar-refractivity contribution in [3.05, 3.63) is 81.9 Å². The van der Waals surface area contributed by atoms with Crippen LogP contribution in [0.25, 0.3) is 0 Å². The number of rotatable bonds is 10. The summed E-state index contributed by atoms with van der Waals surface area (Å²) < 4.78 is 6.87. The number of hydrogen-bond acceptors (Lipinski definition) is 8. The number of pyridine rings is 1. The molecule has 3 heterocycles. The number of benzene rings is 1. The number of aromatic nitrogens is 3. The summed E-state index contributed by atoms with van der Waals surface area (Å²) in [6.07, 6.45) is 11.5. The Morgan fingerprint density at radius 1 is 1.33 bits per heavy atom. The zero-order valence-electron chi connectivity index (χ0n) is 20.1. The molecular formula is C25H29N7O4. The summed E-state index contributed by atoms with van der Waals surface area (Å²) in [7, 11) is 1.56. The van der Waals surface area contributed by atoms with Gasteiger partial charge in [-0.1, -0.05) is 12.5 Å². The van der Waals surface area contributed by atoms with E-state index in [0.29, 0.717) is 25.3 Å². The molecular weight excluding hydrogens is 462 g/mol. The molecule has 0 radical (unpaired) electrons. The van der Waals surface area contributed by atoms with Crippen molar-refractivity contribution < 1.29 is 14.5 Å². The SMILES string of the molecule is COc1ccc(/C=N\NC(=O)CCN2CCCC[C@@H]2c2cccnc2)cc1Cn1cc([N+](=O)[O-])cn1. The van der Waals surface area contributed by atoms with Gasteiger partial charge in [-0.25, -0.2) is 5.43 Å². The van der Waals surface area contributed by atoms with Crippen molar-refractivity contribution in [2.75, 3.05) is 20.2 Å². The number of hydrogen-bond donors (Lipinski definition) is 1. The molecule has 0 bridgehead atoms. The second kappa shape index (κ2) is 12.0. The first-order valence-corrected chi connectivity index (χ1v) is 11.8. The highest BCUT2D eigenvalue weighted by atomic mass is 16.6. The molecule has 1 atom stereocenters. The van der Waals surface area contributed by atoms with Crippen molar-refractivity contribution in [2.45, 2.75) is 38.3 Å². The Hall–Kier alpha value is -4.12. The molecule has 36 heavy (non-hydrogen) atoms. The summed E-state index contributed by atoms with van der Waals surface area (Å²) in [6.45, 7) is 1.91. The predicted molar refractivity (Wildman–Crippen MR) is 134 cm³/mol. The second-order valence-electron chi connectivity index (χ2n) is 8.60. The molecule has 0 aliphatic carbocycles. The van der Waals surface area contributed by atoms with Crippen LogP contribution in [0.4, 0.5) is 5.69 Å². The number of nitrogens with zero attached hydrogens (tertiary/aromatic N) is 6. The number of hydrazone groups is 1. The Bertz CT molecular complexity index is 1210. The Balaban J connectivity index is 1.32. The van der Waals surface area contributed by atoms with Gasteiger partial charge in [-0.05, 0) is 54.8 Å². The first kappa shape index (κ1) is 25.0. The largest absolute Gasteiger partial charge is 0.496 e. The van der Waals surface area contributed by atoms with Crippen LogP contribution in [0, 0.1) is 10.1 Å². The highest BCUT2D eigenvalue weighted by Gasteiger charge is 2.24. The molecule has 1 saturated heterocycles. The highest BCUT2D eigenvalue weighted by molar-refractivity contribution is 5.83. The lowest BCUT2D eigenvalue weighted by Gasteiger charge is -2.35. The molecule has 1 aliphatic heterocycles. The van der Waals surface area contributed by atoms with E-state index in [2.05, 4.69) is 31.6 Å². The summed E-state index contributed by atoms with van der Waals surface area (Å²) in [4.78, 5) is 29.4. The quantitative estimate of drug-likeness (QED) is 0.262. The van der Waals surface area contributed by atoms with E-state index in [0.717, 1.165) is 30.5 Å². The van der Waals surface area contributed by atoms with Gasteiger partial charge >= 0.3 is 5.69 Å². The van der Waals surface area contributed by atoms with Crippen molar-refractivity contribution in [3.63, 3.8) is 0 Å². The van der Waals surface area contributed by atoms with Crippen molar-refractivity contribution >= 4 is 17.8 Å². The summed E-state index contributed by atoms with van der Waals surface area (Å²) >= 11 is 0. The molecule has 0 saturated carbocycles. The van der Waals surface area contributed by atoms with E-state index in [4.69, 9.17) is 4.74 Å². The van der Waals surface area contributed by atoms with E-state index in [9.17, 15) is 14.9 Å². The van der Waals surface area contributed by atoms with Gasteiger partial charge in [-0.3, -0.25) is 29.5 Å². The van der Waals surface area contributed by atoms with Crippen LogP contribution in [0.2, 0.25) is 0 Å². The fourth-order valence-electron chi connectivity index (χ4n) is 4.40. The van der Waals surface area contributed by atoms with Gasteiger partial charge < -0.3 is 4.74 Å². The number of nitrogens with one attached hydrogen (secondary N) is 1. The minimum Gasteiger partial charge on any atom is -0.496 e. The number of carbonyl (C=O) groups is 1. The molecule has 4 rings (SSSR count). The average Bonchev–Trinajstić information content (AvgIpc) is 3.37. The third kappa shape index (κ3) is 6.51. The van der Waals surface area contributed by atoms with Gasteiger partial charge in [0.25, 0.3) is 0 Å². The van der Waals surface area contributed by atoms with Crippen molar-refractivity contribution in [3.8, 4) is 5.75 Å². The Morgan fingerprint density at radius 3 is 2.97 bits per heavy atom. The number of amides is 1. The van der Waals surface area contributed by atoms with E-state index in [1.807, 2.05) is 24.4 Å². The fraction of sp³-hybridized carbons (Fsp3) is 0.360. The maximum absolute atomic E-state index is 12.4. The number of carbonyl (C=O) groups excluding carboxylic acids is 1. The smallest absolute Gasteiger partial charge is 0.307 e. The van der Waals surface area contributed by atoms with Gasteiger partial charge in [0.2, 0.25) is 5.91 Å². The van der Waals surface area contributed by atoms with E-state index < -0.39 is 4.92 Å². The van der Waals surface area contributed by atoms with Crippen molar-refractivity contribution in [1.29, 1.82) is 0 Å². The molecule has 1 fully saturated rings. The molecule has 2 aromatic heterocycles. The maximum Gasteiger partial charge on any atom is 0.307 e. The molecule has 11 nitrogen and oxygen atoms in total. The minimum absolute atomic E-state index is 0.0781. The van der Waals surface area contributed by atoms with Crippen LogP contribution in [-0.2, 0) is 11.3 Å². The molecule has 0 unspecified atom stereocenters. The third-order valence-corrected chi connectivity index (χ3v) is 6.18. The van der Waals surface area contributed by atoms with Crippen LogP contribution in [0.3, 0.4) is 0 Å². The minimum atomic E-state index is -0.489. The second-order valence-corrected chi connectivity index (χ2v) is 8.60. The van der Waals surface area contributed by atoms with E-state index in [1.165, 1.54) is 29.1 Å². The first-order valence-electron chi connectivity index (χ1n) is 11.8. The molecule has 0 spiro atoms. The molecule has 188 valence electrons. The van der Waals surface area contributed by atoms with E-state index in [1.54, 1.807) is 25.6 Å². The van der Waals surface area contributed by atoms with E-state index in [-0.39, 0.29) is 17.6 Å². The Morgan fingerprint density at radius 2 is 2.22 bits per heavy atom. The maximum atomic E-state index is 12.4. The molecule has 1 aliphatic rings. The highest BCUT2D eigenvalue weighted by Crippen LogP contribution is 2.30. The van der Waals surface area contributed by atoms with Gasteiger partial charge in [-0.2, -0.15) is 10.2 Å². The normalized spacial score (nSPS) is 16.2. The van der Waals surface area contributed by atoms with Crippen molar-refractivity contribution in [2.24, 2.45) is 5.10 Å². The van der Waals surface area contributed by atoms with Gasteiger partial charge in [-0.15, -0.1) is 0 Å². The zero-order chi connectivity index (χ0) is 25.3. The fourth-order valence-corrected chi connectivity index (χ4v) is 4.40. The topological polar surface area (TPSA) is 128 Å². The third-order valence-electron chi connectivity index (χ3n) is 6.18. The van der Waals surface area contributed by atoms with Gasteiger partial charge in [0, 0.05) is 37.0 Å². The van der Waals surface area contributed by atoms with Crippen molar-refractivity contribution in [1.82, 2.24) is 25.1 Å². The van der Waals surface area contributed by atoms with Crippen LogP contribution < -0.4 is 10.2 Å². The zero-order valence-corrected chi connectivity index (χ0v) is 20.1. The average molecular weight is 492 g/mol. The van der Waals surface area contributed by atoms with Crippen LogP contribution in [0.1, 0.15) is 48.4 Å². The van der Waals surface area contributed by atoms with Gasteiger partial charge in [0.15, 0.2) is 0 Å². The van der Waals surface area contributed by atoms with Crippen LogP contribution in [0.5, 0.6) is 5.75 Å². The monoisotopic (exact) mass is 491 g/mol. The lowest BCUT2D eigenvalue weighted by Crippen LogP contribution is -2.36. The summed E-state index contributed by atoms with van der Waals surface area (Å²) in [5.41, 5.74) is 5.24. The summed E-state index contributed by atoms with van der Waals surface area (Å²) in [6, 6.07) is 9.78. The Labute approximate surface area is 208 Å². The number of methoxy groups -OCH3 is 1. The lowest BCUT2D eigenvalue weighted by molar-refractivity contribution is -0.385. The number of piperidine rings is 1. The molecule has 1 aromatic carbocycles. The van der Waals surface area contributed by atoms with Crippen LogP contribution >= 0.6 is 0 Å². The number of ether oxygens (including phenoxy) is 1. The van der Waals surface area contributed by atoms with Crippen LogP contribution in [-0.4, -0.2) is 56.9 Å². The van der Waals surface area contributed by atoms with Gasteiger partial charge in [0.05, 0.1) is 24.8 Å². The number of likely N-dealkylation sites (tertiary alicyclic amines) is 1. The lowest BCUT2D eigenvalue weighted by atomic mass is 9.96. The number of nitro groups is 1. The van der Waals surface area contributed by atoms with Crippen LogP contribution in [0.15, 0.2) is 60.2 Å². The molecule has 3 aromatic rings. The summed E-state index contributed by atoms with van der Waals surface area (Å²) in [5, 5.41) is 19.0. The predicted octanol–water partition coefficient (Wildman–Crippen LogP) is 3.31. The van der Waals surface area contributed by atoms with E-state index >= 15 is 0 Å². The standard InChI is InChI=1S/C25H29N7O4/c1-36-24-8-7-19(13-21(24)17-31-18-22(16-28-31)32(34)35)14-27-29-25(33)9-12-30-11-3-2-6-23(30)20-5-4-10-26-15-20/h4-5,7-8,10,13-16,18,23H,2-3,6,9,11-12,17H2,1H3,(H,29,33)/b27-14-/t23-/m1/s1. The molecule has 11 heteroatoms. The summed E-state index contributed by atoms with van der Waals surface area (Å²) in [5.74, 6) is 0.471.